The van der Waals surface area contributed by atoms with Crippen LogP contribution in [0.25, 0.3) is 0 Å². The van der Waals surface area contributed by atoms with Crippen molar-refractivity contribution in [1.82, 2.24) is 20.4 Å². The van der Waals surface area contributed by atoms with E-state index in [1.54, 1.807) is 0 Å². The Morgan fingerprint density at radius 2 is 1.83 bits per heavy atom. The van der Waals surface area contributed by atoms with Gasteiger partial charge in [-0.2, -0.15) is 5.10 Å². The summed E-state index contributed by atoms with van der Waals surface area (Å²) in [6, 6.07) is 0. The summed E-state index contributed by atoms with van der Waals surface area (Å²) in [5.74, 6) is 0. The molecule has 0 atom stereocenters. The van der Waals surface area contributed by atoms with Crippen LogP contribution < -0.4 is 10.6 Å². The third kappa shape index (κ3) is 4.78. The number of nitrogens with zero attached hydrogens (tertiary/aromatic N) is 2. The lowest BCUT2D eigenvalue weighted by atomic mass is 10.1. The SMILES string of the molecule is Cc1nn(C)c(C)c1CNCCCNC(C)(C)C. The second-order valence-electron chi connectivity index (χ2n) is 5.98. The zero-order valence-corrected chi connectivity index (χ0v) is 12.7. The zero-order chi connectivity index (χ0) is 13.8. The van der Waals surface area contributed by atoms with E-state index in [-0.39, 0.29) is 5.54 Å². The Balaban J connectivity index is 2.22. The van der Waals surface area contributed by atoms with Crippen molar-refractivity contribution < 1.29 is 0 Å². The summed E-state index contributed by atoms with van der Waals surface area (Å²) in [6.07, 6.45) is 1.15. The number of hydrogen-bond acceptors (Lipinski definition) is 3. The van der Waals surface area contributed by atoms with Crippen molar-refractivity contribution in [3.8, 4) is 0 Å². The van der Waals surface area contributed by atoms with Crippen LogP contribution in [0.3, 0.4) is 0 Å². The predicted molar refractivity (Wildman–Crippen MR) is 76.8 cm³/mol. The molecule has 104 valence electrons. The monoisotopic (exact) mass is 252 g/mol. The van der Waals surface area contributed by atoms with Gasteiger partial charge in [0.25, 0.3) is 0 Å². The lowest BCUT2D eigenvalue weighted by Crippen LogP contribution is -2.37. The van der Waals surface area contributed by atoms with Crippen LogP contribution in [0.5, 0.6) is 0 Å². The minimum Gasteiger partial charge on any atom is -0.312 e. The van der Waals surface area contributed by atoms with Gasteiger partial charge in [-0.05, 0) is 54.1 Å². The van der Waals surface area contributed by atoms with Gasteiger partial charge in [-0.25, -0.2) is 0 Å². The molecule has 0 aliphatic carbocycles. The summed E-state index contributed by atoms with van der Waals surface area (Å²) in [5.41, 5.74) is 3.95. The minimum atomic E-state index is 0.219. The van der Waals surface area contributed by atoms with Crippen molar-refractivity contribution in [2.75, 3.05) is 13.1 Å². The van der Waals surface area contributed by atoms with Gasteiger partial charge in [-0.1, -0.05) is 0 Å². The van der Waals surface area contributed by atoms with Gasteiger partial charge in [-0.3, -0.25) is 4.68 Å². The zero-order valence-electron chi connectivity index (χ0n) is 12.7. The van der Waals surface area contributed by atoms with E-state index in [1.807, 2.05) is 11.7 Å². The molecule has 0 aromatic carbocycles. The average Bonchev–Trinajstić information content (AvgIpc) is 2.47. The van der Waals surface area contributed by atoms with Crippen LogP contribution in [0.4, 0.5) is 0 Å². The van der Waals surface area contributed by atoms with E-state index < -0.39 is 0 Å². The van der Waals surface area contributed by atoms with E-state index in [4.69, 9.17) is 0 Å². The molecule has 0 aliphatic heterocycles. The molecule has 18 heavy (non-hydrogen) atoms. The maximum atomic E-state index is 4.42. The molecular weight excluding hydrogens is 224 g/mol. The fourth-order valence-electron chi connectivity index (χ4n) is 1.96. The summed E-state index contributed by atoms with van der Waals surface area (Å²) in [5, 5.41) is 11.4. The van der Waals surface area contributed by atoms with Crippen molar-refractivity contribution in [2.24, 2.45) is 7.05 Å². The van der Waals surface area contributed by atoms with Crippen LogP contribution in [0.1, 0.15) is 44.1 Å². The number of aromatic nitrogens is 2. The lowest BCUT2D eigenvalue weighted by Gasteiger charge is -2.20. The van der Waals surface area contributed by atoms with Gasteiger partial charge in [0.2, 0.25) is 0 Å². The molecule has 0 spiro atoms. The smallest absolute Gasteiger partial charge is 0.0641 e. The maximum Gasteiger partial charge on any atom is 0.0641 e. The van der Waals surface area contributed by atoms with Gasteiger partial charge in [0.15, 0.2) is 0 Å². The van der Waals surface area contributed by atoms with E-state index in [0.717, 1.165) is 31.7 Å². The van der Waals surface area contributed by atoms with Crippen LogP contribution in [-0.4, -0.2) is 28.4 Å². The number of nitrogens with one attached hydrogen (secondary N) is 2. The fraction of sp³-hybridized carbons (Fsp3) is 0.786. The van der Waals surface area contributed by atoms with E-state index in [2.05, 4.69) is 50.4 Å². The Kier molecular flexibility index (Phi) is 5.35. The van der Waals surface area contributed by atoms with Crippen LogP contribution in [-0.2, 0) is 13.6 Å². The highest BCUT2D eigenvalue weighted by atomic mass is 15.3. The normalized spacial score (nSPS) is 12.1. The van der Waals surface area contributed by atoms with Crippen LogP contribution in [0.15, 0.2) is 0 Å². The summed E-state index contributed by atoms with van der Waals surface area (Å²) in [7, 11) is 2.00. The summed E-state index contributed by atoms with van der Waals surface area (Å²) in [6.45, 7) is 13.8. The molecule has 4 heteroatoms. The van der Waals surface area contributed by atoms with Gasteiger partial charge in [0.1, 0.15) is 0 Å². The third-order valence-corrected chi connectivity index (χ3v) is 3.15. The van der Waals surface area contributed by atoms with Crippen LogP contribution in [0, 0.1) is 13.8 Å². The van der Waals surface area contributed by atoms with Crippen molar-refractivity contribution in [3.63, 3.8) is 0 Å². The maximum absolute atomic E-state index is 4.42. The second kappa shape index (κ2) is 6.34. The lowest BCUT2D eigenvalue weighted by molar-refractivity contribution is 0.418. The summed E-state index contributed by atoms with van der Waals surface area (Å²) >= 11 is 0. The number of aryl methyl sites for hydroxylation is 2. The van der Waals surface area contributed by atoms with E-state index >= 15 is 0 Å². The molecule has 0 saturated heterocycles. The van der Waals surface area contributed by atoms with E-state index in [9.17, 15) is 0 Å². The Labute approximate surface area is 111 Å². The first-order valence-electron chi connectivity index (χ1n) is 6.76. The molecule has 2 N–H and O–H groups in total. The highest BCUT2D eigenvalue weighted by Crippen LogP contribution is 2.10. The summed E-state index contributed by atoms with van der Waals surface area (Å²) < 4.78 is 1.95. The molecule has 0 fully saturated rings. The third-order valence-electron chi connectivity index (χ3n) is 3.15. The molecule has 1 aromatic rings. The standard InChI is InChI=1S/C14H28N4/c1-11-13(12(2)18(6)17-11)10-15-8-7-9-16-14(3,4)5/h15-16H,7-10H2,1-6H3. The molecule has 0 aliphatic rings. The predicted octanol–water partition coefficient (Wildman–Crippen LogP) is 1.90. The van der Waals surface area contributed by atoms with Crippen molar-refractivity contribution >= 4 is 0 Å². The van der Waals surface area contributed by atoms with Crippen LogP contribution >= 0.6 is 0 Å². The van der Waals surface area contributed by atoms with Gasteiger partial charge < -0.3 is 10.6 Å². The highest BCUT2D eigenvalue weighted by molar-refractivity contribution is 5.23. The van der Waals surface area contributed by atoms with Gasteiger partial charge >= 0.3 is 0 Å². The molecule has 1 aromatic heterocycles. The Hall–Kier alpha value is -0.870. The van der Waals surface area contributed by atoms with E-state index in [0.29, 0.717) is 0 Å². The summed E-state index contributed by atoms with van der Waals surface area (Å²) in [4.78, 5) is 0. The van der Waals surface area contributed by atoms with Crippen molar-refractivity contribution in [3.05, 3.63) is 17.0 Å². The molecule has 4 nitrogen and oxygen atoms in total. The fourth-order valence-corrected chi connectivity index (χ4v) is 1.96. The molecule has 1 rings (SSSR count). The number of rotatable bonds is 6. The van der Waals surface area contributed by atoms with Gasteiger partial charge in [0, 0.05) is 30.4 Å². The quantitative estimate of drug-likeness (QED) is 0.760. The first-order chi connectivity index (χ1) is 8.31. The second-order valence-corrected chi connectivity index (χ2v) is 5.98. The molecular formula is C14H28N4. The van der Waals surface area contributed by atoms with Crippen molar-refractivity contribution in [1.29, 1.82) is 0 Å². The van der Waals surface area contributed by atoms with Gasteiger partial charge in [-0.15, -0.1) is 0 Å². The molecule has 0 amide bonds. The first-order valence-corrected chi connectivity index (χ1v) is 6.76. The molecule has 0 radical (unpaired) electrons. The van der Waals surface area contributed by atoms with Crippen molar-refractivity contribution in [2.45, 2.75) is 53.1 Å². The molecule has 1 heterocycles. The highest BCUT2D eigenvalue weighted by Gasteiger charge is 2.09. The van der Waals surface area contributed by atoms with Gasteiger partial charge in [0.05, 0.1) is 5.69 Å². The molecule has 0 unspecified atom stereocenters. The van der Waals surface area contributed by atoms with Crippen LogP contribution in [0.2, 0.25) is 0 Å². The Morgan fingerprint density at radius 1 is 1.17 bits per heavy atom. The minimum absolute atomic E-state index is 0.219. The largest absolute Gasteiger partial charge is 0.312 e. The average molecular weight is 252 g/mol. The molecule has 0 bridgehead atoms. The van der Waals surface area contributed by atoms with E-state index in [1.165, 1.54) is 11.3 Å². The molecule has 0 saturated carbocycles. The Morgan fingerprint density at radius 3 is 2.33 bits per heavy atom. The number of hydrogen-bond donors (Lipinski definition) is 2. The topological polar surface area (TPSA) is 41.9 Å². The first kappa shape index (κ1) is 15.2. The Bertz CT molecular complexity index is 374.